The summed E-state index contributed by atoms with van der Waals surface area (Å²) in [6.07, 6.45) is 1.87. The van der Waals surface area contributed by atoms with Crippen molar-refractivity contribution < 1.29 is 28.8 Å². The molecule has 9 nitrogen and oxygen atoms in total. The minimum absolute atomic E-state index is 0.102. The number of amides is 1. The number of halogens is 1. The average Bonchev–Trinajstić information content (AvgIpc) is 2.88. The van der Waals surface area contributed by atoms with Gasteiger partial charge in [-0.25, -0.2) is 4.79 Å². The molecule has 206 valence electrons. The molecule has 0 radical (unpaired) electrons. The van der Waals surface area contributed by atoms with E-state index in [1.54, 1.807) is 51.1 Å². The zero-order valence-corrected chi connectivity index (χ0v) is 23.9. The molecule has 1 saturated heterocycles. The summed E-state index contributed by atoms with van der Waals surface area (Å²) in [5.74, 6) is -0.391. The molecule has 1 unspecified atom stereocenters. The van der Waals surface area contributed by atoms with Crippen molar-refractivity contribution in [3.05, 3.63) is 92.7 Å². The van der Waals surface area contributed by atoms with Crippen LogP contribution in [0.3, 0.4) is 0 Å². The van der Waals surface area contributed by atoms with Gasteiger partial charge in [0.05, 0.1) is 16.7 Å². The number of nitrogens with zero attached hydrogens (tertiary/aromatic N) is 2. The van der Waals surface area contributed by atoms with Crippen LogP contribution in [0.4, 0.5) is 5.69 Å². The van der Waals surface area contributed by atoms with Crippen LogP contribution in [0.25, 0.3) is 0 Å². The highest BCUT2D eigenvalue weighted by molar-refractivity contribution is 8.16. The van der Waals surface area contributed by atoms with E-state index in [9.17, 15) is 24.5 Å². The summed E-state index contributed by atoms with van der Waals surface area (Å²) in [7, 11) is 0. The summed E-state index contributed by atoms with van der Waals surface area (Å²) in [6, 6.07) is 11.9. The van der Waals surface area contributed by atoms with E-state index in [2.05, 4.69) is 6.58 Å². The molecule has 0 bridgehead atoms. The molecule has 1 aliphatic heterocycles. The number of esters is 1. The summed E-state index contributed by atoms with van der Waals surface area (Å²) in [5.41, 5.74) is -0.593. The van der Waals surface area contributed by atoms with E-state index in [0.29, 0.717) is 33.9 Å². The number of carbonyl (C=O) groups excluding carboxylic acids is 3. The van der Waals surface area contributed by atoms with Gasteiger partial charge in [-0.2, -0.15) is 0 Å². The number of benzene rings is 2. The molecule has 0 saturated carbocycles. The largest absolute Gasteiger partial charge is 0.456 e. The number of non-ortho nitro benzene ring substituents is 1. The Labute approximate surface area is 239 Å². The molecule has 2 aromatic rings. The number of ether oxygens (including phenoxy) is 2. The van der Waals surface area contributed by atoms with E-state index >= 15 is 0 Å². The van der Waals surface area contributed by atoms with E-state index < -0.39 is 21.7 Å². The second kappa shape index (κ2) is 13.2. The smallest absolute Gasteiger partial charge is 0.359 e. The molecule has 0 aliphatic carbocycles. The Kier molecular flexibility index (Phi) is 10.2. The number of thioether (sulfide) groups is 2. The van der Waals surface area contributed by atoms with E-state index in [1.807, 2.05) is 0 Å². The molecule has 0 spiro atoms. The number of rotatable bonds is 11. The number of β-lactam (4-membered cyclic amide) rings is 1. The first-order chi connectivity index (χ1) is 18.4. The molecule has 3 rings (SSSR count). The summed E-state index contributed by atoms with van der Waals surface area (Å²) in [5, 5.41) is 10.6. The maximum Gasteiger partial charge on any atom is 0.359 e. The molecular formula is C27H27ClN2O7S2. The summed E-state index contributed by atoms with van der Waals surface area (Å²) < 4.78 is 11.6. The van der Waals surface area contributed by atoms with Crippen molar-refractivity contribution in [3.8, 4) is 5.75 Å². The van der Waals surface area contributed by atoms with Crippen molar-refractivity contribution in [2.75, 3.05) is 5.75 Å². The molecule has 2 aromatic carbocycles. The number of likely N-dealkylation sites (tertiary alicyclic amines) is 1. The normalized spacial score (nSPS) is 15.6. The standard InChI is InChI=1S/C27H27ClN2O7S2/c1-5-14-38-22-15-21(31)29(22)23(24(32)36-16-17-6-10-19(11-7-17)30(34)35)25(39-26(33)27(2,3)4)37-20-12-8-18(28)9-13-20/h5-13,22H,1,14-16H2,2-4H3. The number of carbonyl (C=O) groups is 3. The van der Waals surface area contributed by atoms with E-state index in [4.69, 9.17) is 21.1 Å². The highest BCUT2D eigenvalue weighted by Crippen LogP contribution is 2.39. The van der Waals surface area contributed by atoms with Gasteiger partial charge in [-0.3, -0.25) is 24.6 Å². The highest BCUT2D eigenvalue weighted by Gasteiger charge is 2.44. The van der Waals surface area contributed by atoms with Crippen molar-refractivity contribution in [3.63, 3.8) is 0 Å². The van der Waals surface area contributed by atoms with Crippen molar-refractivity contribution in [1.29, 1.82) is 0 Å². The minimum atomic E-state index is -0.885. The van der Waals surface area contributed by atoms with Gasteiger partial charge in [-0.15, -0.1) is 18.3 Å². The van der Waals surface area contributed by atoms with Crippen LogP contribution in [0.5, 0.6) is 5.75 Å². The van der Waals surface area contributed by atoms with Crippen LogP contribution < -0.4 is 4.74 Å². The fourth-order valence-electron chi connectivity index (χ4n) is 3.14. The van der Waals surface area contributed by atoms with Crippen LogP contribution in [-0.4, -0.2) is 37.9 Å². The lowest BCUT2D eigenvalue weighted by Crippen LogP contribution is -2.52. The van der Waals surface area contributed by atoms with E-state index in [0.717, 1.165) is 0 Å². The molecule has 12 heteroatoms. The second-order valence-electron chi connectivity index (χ2n) is 9.38. The van der Waals surface area contributed by atoms with Crippen LogP contribution >= 0.6 is 35.1 Å². The maximum atomic E-state index is 13.6. The quantitative estimate of drug-likeness (QED) is 0.0563. The number of nitro benzene ring substituents is 1. The first-order valence-electron chi connectivity index (χ1n) is 11.8. The zero-order valence-electron chi connectivity index (χ0n) is 21.5. The van der Waals surface area contributed by atoms with Crippen LogP contribution in [0.15, 0.2) is 72.0 Å². The Morgan fingerprint density at radius 1 is 1.18 bits per heavy atom. The monoisotopic (exact) mass is 590 g/mol. The number of nitro groups is 1. The average molecular weight is 591 g/mol. The Bertz CT molecular complexity index is 1290. The van der Waals surface area contributed by atoms with Crippen LogP contribution in [-0.2, 0) is 25.7 Å². The third-order valence-corrected chi connectivity index (χ3v) is 7.98. The third-order valence-electron chi connectivity index (χ3n) is 5.28. The van der Waals surface area contributed by atoms with E-state index in [1.165, 1.54) is 40.9 Å². The summed E-state index contributed by atoms with van der Waals surface area (Å²) in [4.78, 5) is 51.2. The molecule has 1 aliphatic rings. The fourth-order valence-corrected chi connectivity index (χ4v) is 5.15. The molecule has 1 fully saturated rings. The second-order valence-corrected chi connectivity index (χ2v) is 12.0. The van der Waals surface area contributed by atoms with Crippen LogP contribution in [0.1, 0.15) is 32.8 Å². The topological polar surface area (TPSA) is 116 Å². The van der Waals surface area contributed by atoms with Gasteiger partial charge in [0.1, 0.15) is 12.4 Å². The first kappa shape index (κ1) is 30.3. The van der Waals surface area contributed by atoms with Gasteiger partial charge >= 0.3 is 5.97 Å². The zero-order chi connectivity index (χ0) is 28.7. The summed E-state index contributed by atoms with van der Waals surface area (Å²) >= 11 is 8.11. The van der Waals surface area contributed by atoms with E-state index in [-0.39, 0.29) is 40.5 Å². The molecule has 39 heavy (non-hydrogen) atoms. The number of hydrogen-bond donors (Lipinski definition) is 0. The Balaban J connectivity index is 2.03. The van der Waals surface area contributed by atoms with Crippen molar-refractivity contribution in [2.45, 2.75) is 39.2 Å². The Morgan fingerprint density at radius 2 is 1.82 bits per heavy atom. The van der Waals surface area contributed by atoms with Gasteiger partial charge in [-0.05, 0) is 53.7 Å². The van der Waals surface area contributed by atoms with Crippen molar-refractivity contribution >= 4 is 57.8 Å². The molecule has 1 atom stereocenters. The number of hydrogen-bond acceptors (Lipinski definition) is 9. The Morgan fingerprint density at radius 3 is 2.36 bits per heavy atom. The molecule has 1 heterocycles. The van der Waals surface area contributed by atoms with Crippen molar-refractivity contribution in [2.24, 2.45) is 5.41 Å². The minimum Gasteiger partial charge on any atom is -0.456 e. The predicted molar refractivity (Wildman–Crippen MR) is 152 cm³/mol. The summed E-state index contributed by atoms with van der Waals surface area (Å²) in [6.45, 7) is 8.67. The maximum absolute atomic E-state index is 13.6. The van der Waals surface area contributed by atoms with Gasteiger partial charge in [0.25, 0.3) is 5.69 Å². The van der Waals surface area contributed by atoms with Crippen LogP contribution in [0.2, 0.25) is 5.02 Å². The lowest BCUT2D eigenvalue weighted by atomic mass is 10.00. The van der Waals surface area contributed by atoms with Gasteiger partial charge in [-0.1, -0.05) is 38.4 Å². The lowest BCUT2D eigenvalue weighted by Gasteiger charge is -2.40. The van der Waals surface area contributed by atoms with Crippen molar-refractivity contribution in [1.82, 2.24) is 4.90 Å². The third kappa shape index (κ3) is 8.11. The fraction of sp³-hybridized carbons (Fsp3) is 0.296. The van der Waals surface area contributed by atoms with Gasteiger partial charge < -0.3 is 9.47 Å². The lowest BCUT2D eigenvalue weighted by molar-refractivity contribution is -0.384. The molecular weight excluding hydrogens is 564 g/mol. The molecule has 0 N–H and O–H groups in total. The predicted octanol–water partition coefficient (Wildman–Crippen LogP) is 6.32. The molecule has 0 aromatic heterocycles. The Hall–Kier alpha value is -3.28. The first-order valence-corrected chi connectivity index (χ1v) is 14.0. The van der Waals surface area contributed by atoms with Gasteiger partial charge in [0, 0.05) is 28.3 Å². The highest BCUT2D eigenvalue weighted by atomic mass is 35.5. The van der Waals surface area contributed by atoms with Gasteiger partial charge in [0.15, 0.2) is 10.8 Å². The van der Waals surface area contributed by atoms with Crippen LogP contribution in [0, 0.1) is 15.5 Å². The SMILES string of the molecule is C=CCSC1CC(=O)N1C(C(=O)OCc1ccc([N+](=O)[O-])cc1)=C(Oc1ccc(Cl)cc1)SC(=O)C(C)(C)C. The molecule has 1 amide bonds. The van der Waals surface area contributed by atoms with Gasteiger partial charge in [0.2, 0.25) is 11.0 Å².